The van der Waals surface area contributed by atoms with Gasteiger partial charge in [-0.05, 0) is 6.07 Å². The minimum atomic E-state index is -0.249. The number of fused-ring (bicyclic) bond motifs is 2. The van der Waals surface area contributed by atoms with Crippen LogP contribution < -0.4 is 5.32 Å². The summed E-state index contributed by atoms with van der Waals surface area (Å²) in [6.45, 7) is -0.00358. The summed E-state index contributed by atoms with van der Waals surface area (Å²) in [5, 5.41) is 11.1. The first-order chi connectivity index (χ1) is 11.2. The second kappa shape index (κ2) is 5.29. The molecule has 1 amide bonds. The number of aromatic nitrogens is 7. The van der Waals surface area contributed by atoms with Crippen LogP contribution in [0.4, 0.5) is 5.69 Å². The largest absolute Gasteiger partial charge is 0.324 e. The van der Waals surface area contributed by atoms with Gasteiger partial charge in [-0.15, -0.1) is 0 Å². The molecule has 0 saturated carbocycles. The SMILES string of the molecule is O=C(Cn1ncc2ncc(Cl)nc21)Nc1ccn2ncnc2c1. The highest BCUT2D eigenvalue weighted by atomic mass is 35.5. The first-order valence-corrected chi connectivity index (χ1v) is 7.00. The number of nitrogens with zero attached hydrogens (tertiary/aromatic N) is 7. The van der Waals surface area contributed by atoms with Crippen LogP contribution in [0.25, 0.3) is 16.8 Å². The summed E-state index contributed by atoms with van der Waals surface area (Å²) in [6.07, 6.45) is 6.13. The van der Waals surface area contributed by atoms with E-state index in [1.807, 2.05) is 0 Å². The molecular formula is C13H9ClN8O. The molecular weight excluding hydrogens is 320 g/mol. The van der Waals surface area contributed by atoms with E-state index in [9.17, 15) is 4.79 Å². The van der Waals surface area contributed by atoms with Crippen LogP contribution in [0.15, 0.2) is 37.1 Å². The van der Waals surface area contributed by atoms with E-state index in [1.54, 1.807) is 22.8 Å². The molecule has 0 aliphatic carbocycles. The molecule has 4 aromatic rings. The molecule has 0 spiro atoms. The maximum absolute atomic E-state index is 12.2. The van der Waals surface area contributed by atoms with E-state index in [0.717, 1.165) is 0 Å². The van der Waals surface area contributed by atoms with Gasteiger partial charge in [-0.1, -0.05) is 11.6 Å². The van der Waals surface area contributed by atoms with E-state index in [0.29, 0.717) is 22.5 Å². The maximum Gasteiger partial charge on any atom is 0.246 e. The molecule has 0 aliphatic rings. The van der Waals surface area contributed by atoms with Gasteiger partial charge in [0.1, 0.15) is 23.5 Å². The topological polar surface area (TPSA) is 103 Å². The summed E-state index contributed by atoms with van der Waals surface area (Å²) < 4.78 is 3.05. The van der Waals surface area contributed by atoms with Crippen LogP contribution in [0.5, 0.6) is 0 Å². The zero-order valence-electron chi connectivity index (χ0n) is 11.6. The number of anilines is 1. The van der Waals surface area contributed by atoms with E-state index in [2.05, 4.69) is 30.5 Å². The van der Waals surface area contributed by atoms with Crippen molar-refractivity contribution in [1.29, 1.82) is 0 Å². The van der Waals surface area contributed by atoms with Gasteiger partial charge in [0.05, 0.1) is 12.4 Å². The molecule has 4 rings (SSSR count). The number of amides is 1. The van der Waals surface area contributed by atoms with Crippen LogP contribution in [0.2, 0.25) is 5.15 Å². The van der Waals surface area contributed by atoms with Crippen molar-refractivity contribution in [2.24, 2.45) is 0 Å². The fraction of sp³-hybridized carbons (Fsp3) is 0.0769. The normalized spacial score (nSPS) is 11.2. The lowest BCUT2D eigenvalue weighted by Crippen LogP contribution is -2.19. The third-order valence-electron chi connectivity index (χ3n) is 3.17. The number of hydrogen-bond donors (Lipinski definition) is 1. The molecule has 0 unspecified atom stereocenters. The number of carbonyl (C=O) groups is 1. The number of pyridine rings is 1. The Morgan fingerprint density at radius 1 is 1.26 bits per heavy atom. The Kier molecular flexibility index (Phi) is 3.12. The minimum Gasteiger partial charge on any atom is -0.324 e. The molecule has 0 bridgehead atoms. The van der Waals surface area contributed by atoms with Gasteiger partial charge in [0, 0.05) is 18.0 Å². The standard InChI is InChI=1S/C13H9ClN8O/c14-10-5-15-9-4-17-22(13(9)20-10)6-12(23)19-8-1-2-21-11(3-8)16-7-18-21/h1-5,7H,6H2,(H,19,23). The highest BCUT2D eigenvalue weighted by Crippen LogP contribution is 2.13. The molecule has 0 fully saturated rings. The zero-order chi connectivity index (χ0) is 15.8. The third-order valence-corrected chi connectivity index (χ3v) is 3.36. The van der Waals surface area contributed by atoms with Crippen molar-refractivity contribution >= 4 is 40.0 Å². The number of halogens is 1. The molecule has 4 heterocycles. The van der Waals surface area contributed by atoms with Crippen LogP contribution in [0, 0.1) is 0 Å². The Bertz CT molecular complexity index is 1020. The Balaban J connectivity index is 1.55. The lowest BCUT2D eigenvalue weighted by Gasteiger charge is -2.06. The van der Waals surface area contributed by atoms with Crippen LogP contribution in [-0.4, -0.2) is 40.3 Å². The lowest BCUT2D eigenvalue weighted by atomic mass is 10.4. The second-order valence-corrected chi connectivity index (χ2v) is 5.12. The minimum absolute atomic E-state index is 0.00358. The quantitative estimate of drug-likeness (QED) is 0.605. The summed E-state index contributed by atoms with van der Waals surface area (Å²) in [4.78, 5) is 24.5. The van der Waals surface area contributed by atoms with Gasteiger partial charge in [-0.2, -0.15) is 10.2 Å². The molecule has 0 radical (unpaired) electrons. The zero-order valence-corrected chi connectivity index (χ0v) is 12.3. The van der Waals surface area contributed by atoms with Crippen molar-refractivity contribution in [1.82, 2.24) is 34.3 Å². The highest BCUT2D eigenvalue weighted by Gasteiger charge is 2.11. The van der Waals surface area contributed by atoms with Gasteiger partial charge in [0.25, 0.3) is 0 Å². The van der Waals surface area contributed by atoms with Gasteiger partial charge in [0.2, 0.25) is 5.91 Å². The number of nitrogens with one attached hydrogen (secondary N) is 1. The molecule has 9 nitrogen and oxygen atoms in total. The van der Waals surface area contributed by atoms with Crippen LogP contribution in [0.1, 0.15) is 0 Å². The van der Waals surface area contributed by atoms with Crippen LogP contribution in [0.3, 0.4) is 0 Å². The summed E-state index contributed by atoms with van der Waals surface area (Å²) in [7, 11) is 0. The van der Waals surface area contributed by atoms with E-state index < -0.39 is 0 Å². The van der Waals surface area contributed by atoms with Crippen molar-refractivity contribution in [2.45, 2.75) is 6.54 Å². The maximum atomic E-state index is 12.2. The van der Waals surface area contributed by atoms with Crippen LogP contribution in [-0.2, 0) is 11.3 Å². The second-order valence-electron chi connectivity index (χ2n) is 4.73. The van der Waals surface area contributed by atoms with E-state index in [-0.39, 0.29) is 17.6 Å². The Labute approximate surface area is 133 Å². The number of hydrogen-bond acceptors (Lipinski definition) is 6. The van der Waals surface area contributed by atoms with Crippen molar-refractivity contribution in [2.75, 3.05) is 5.32 Å². The molecule has 114 valence electrons. The summed E-state index contributed by atoms with van der Waals surface area (Å²) >= 11 is 5.83. The average Bonchev–Trinajstić information content (AvgIpc) is 3.14. The van der Waals surface area contributed by atoms with E-state index in [1.165, 1.54) is 23.4 Å². The molecule has 4 aromatic heterocycles. The van der Waals surface area contributed by atoms with E-state index >= 15 is 0 Å². The fourth-order valence-electron chi connectivity index (χ4n) is 2.17. The first-order valence-electron chi connectivity index (χ1n) is 6.62. The molecule has 23 heavy (non-hydrogen) atoms. The third kappa shape index (κ3) is 2.57. The van der Waals surface area contributed by atoms with Gasteiger partial charge >= 0.3 is 0 Å². The first kappa shape index (κ1) is 13.6. The number of rotatable bonds is 3. The monoisotopic (exact) mass is 328 g/mol. The van der Waals surface area contributed by atoms with Gasteiger partial charge in [-0.3, -0.25) is 4.79 Å². The Morgan fingerprint density at radius 3 is 3.09 bits per heavy atom. The van der Waals surface area contributed by atoms with Crippen molar-refractivity contribution in [3.8, 4) is 0 Å². The molecule has 0 aromatic carbocycles. The van der Waals surface area contributed by atoms with E-state index in [4.69, 9.17) is 11.6 Å². The van der Waals surface area contributed by atoms with Gasteiger partial charge in [-0.25, -0.2) is 24.1 Å². The van der Waals surface area contributed by atoms with Gasteiger partial charge < -0.3 is 5.32 Å². The highest BCUT2D eigenvalue weighted by molar-refractivity contribution is 6.29. The van der Waals surface area contributed by atoms with Crippen molar-refractivity contribution in [3.05, 3.63) is 42.2 Å². The van der Waals surface area contributed by atoms with Crippen LogP contribution >= 0.6 is 11.6 Å². The summed E-state index contributed by atoms with van der Waals surface area (Å²) in [5.41, 5.74) is 2.30. The van der Waals surface area contributed by atoms with Crippen molar-refractivity contribution in [3.63, 3.8) is 0 Å². The Morgan fingerprint density at radius 2 is 2.17 bits per heavy atom. The smallest absolute Gasteiger partial charge is 0.246 e. The molecule has 0 atom stereocenters. The molecule has 0 aliphatic heterocycles. The number of carbonyl (C=O) groups excluding carboxylic acids is 1. The molecule has 1 N–H and O–H groups in total. The lowest BCUT2D eigenvalue weighted by molar-refractivity contribution is -0.116. The predicted octanol–water partition coefficient (Wildman–Crippen LogP) is 1.16. The van der Waals surface area contributed by atoms with Crippen molar-refractivity contribution < 1.29 is 4.79 Å². The van der Waals surface area contributed by atoms with Gasteiger partial charge in [0.15, 0.2) is 11.3 Å². The predicted molar refractivity (Wildman–Crippen MR) is 81.9 cm³/mol. The molecule has 0 saturated heterocycles. The fourth-order valence-corrected chi connectivity index (χ4v) is 2.30. The summed E-state index contributed by atoms with van der Waals surface area (Å²) in [5.74, 6) is -0.249. The average molecular weight is 329 g/mol. The Hall–Kier alpha value is -3.07. The summed E-state index contributed by atoms with van der Waals surface area (Å²) in [6, 6.07) is 3.46. The molecule has 10 heteroatoms.